The molecule has 0 unspecified atom stereocenters. The second kappa shape index (κ2) is 8.04. The standard InChI is InChI=1S/C22H16N2O2S.BrH/c1-2-4-15(5-3-1)16-6-8-17(9-7-16)19-13-27-22(24-19)23-18-10-11-20-21(12-18)26-14-25-20;/h1-13H,14H2,(H,23,24);1H. The van der Waals surface area contributed by atoms with Gasteiger partial charge >= 0.3 is 0 Å². The molecule has 0 saturated carbocycles. The molecule has 4 nitrogen and oxygen atoms in total. The minimum atomic E-state index is 0. The summed E-state index contributed by atoms with van der Waals surface area (Å²) in [7, 11) is 0. The molecule has 1 aliphatic rings. The first-order chi connectivity index (χ1) is 13.3. The Morgan fingerprint density at radius 3 is 2.32 bits per heavy atom. The fraction of sp³-hybridized carbons (Fsp3) is 0.0455. The molecule has 0 saturated heterocycles. The molecular weight excluding hydrogens is 436 g/mol. The second-order valence-corrected chi connectivity index (χ2v) is 7.03. The lowest BCUT2D eigenvalue weighted by Gasteiger charge is -2.04. The van der Waals surface area contributed by atoms with Gasteiger partial charge in [-0.3, -0.25) is 0 Å². The molecule has 0 aliphatic carbocycles. The average Bonchev–Trinajstić information content (AvgIpc) is 3.38. The predicted octanol–water partition coefficient (Wildman–Crippen LogP) is 6.53. The molecule has 5 rings (SSSR count). The smallest absolute Gasteiger partial charge is 0.231 e. The molecule has 0 atom stereocenters. The van der Waals surface area contributed by atoms with Crippen molar-refractivity contribution in [3.05, 3.63) is 78.2 Å². The van der Waals surface area contributed by atoms with E-state index in [1.807, 2.05) is 24.3 Å². The summed E-state index contributed by atoms with van der Waals surface area (Å²) >= 11 is 1.58. The van der Waals surface area contributed by atoms with E-state index in [-0.39, 0.29) is 23.8 Å². The van der Waals surface area contributed by atoms with Gasteiger partial charge in [-0.05, 0) is 23.3 Å². The molecule has 28 heavy (non-hydrogen) atoms. The van der Waals surface area contributed by atoms with Crippen molar-refractivity contribution in [3.63, 3.8) is 0 Å². The van der Waals surface area contributed by atoms with E-state index in [1.165, 1.54) is 11.1 Å². The molecule has 1 N–H and O–H groups in total. The number of anilines is 2. The third-order valence-corrected chi connectivity index (χ3v) is 5.17. The van der Waals surface area contributed by atoms with Gasteiger partial charge in [0.25, 0.3) is 0 Å². The molecule has 0 bridgehead atoms. The van der Waals surface area contributed by atoms with Crippen LogP contribution in [0.4, 0.5) is 10.8 Å². The lowest BCUT2D eigenvalue weighted by molar-refractivity contribution is 0.174. The first-order valence-electron chi connectivity index (χ1n) is 8.63. The maximum absolute atomic E-state index is 5.42. The molecule has 1 aliphatic heterocycles. The van der Waals surface area contributed by atoms with Gasteiger partial charge in [0.05, 0.1) is 5.69 Å². The van der Waals surface area contributed by atoms with E-state index in [4.69, 9.17) is 14.5 Å². The van der Waals surface area contributed by atoms with Crippen LogP contribution in [0.5, 0.6) is 11.5 Å². The van der Waals surface area contributed by atoms with E-state index < -0.39 is 0 Å². The highest BCUT2D eigenvalue weighted by molar-refractivity contribution is 8.93. The van der Waals surface area contributed by atoms with Crippen LogP contribution >= 0.6 is 28.3 Å². The Kier molecular flexibility index (Phi) is 5.32. The highest BCUT2D eigenvalue weighted by Gasteiger charge is 2.14. The van der Waals surface area contributed by atoms with Gasteiger partial charge in [-0.1, -0.05) is 54.6 Å². The summed E-state index contributed by atoms with van der Waals surface area (Å²) in [5.41, 5.74) is 5.41. The molecular formula is C22H17BrN2O2S. The van der Waals surface area contributed by atoms with Gasteiger partial charge in [-0.15, -0.1) is 28.3 Å². The van der Waals surface area contributed by atoms with Crippen LogP contribution in [0.1, 0.15) is 0 Å². The van der Waals surface area contributed by atoms with Crippen LogP contribution in [-0.2, 0) is 0 Å². The van der Waals surface area contributed by atoms with E-state index in [9.17, 15) is 0 Å². The number of halogens is 1. The van der Waals surface area contributed by atoms with Crippen molar-refractivity contribution in [2.24, 2.45) is 0 Å². The maximum Gasteiger partial charge on any atom is 0.231 e. The Morgan fingerprint density at radius 2 is 1.50 bits per heavy atom. The van der Waals surface area contributed by atoms with E-state index in [0.29, 0.717) is 0 Å². The van der Waals surface area contributed by atoms with Gasteiger partial charge in [-0.25, -0.2) is 4.98 Å². The minimum absolute atomic E-state index is 0. The summed E-state index contributed by atoms with van der Waals surface area (Å²) < 4.78 is 10.8. The number of hydrogen-bond donors (Lipinski definition) is 1. The highest BCUT2D eigenvalue weighted by atomic mass is 79.9. The Balaban J connectivity index is 0.00000192. The van der Waals surface area contributed by atoms with E-state index in [2.05, 4.69) is 59.2 Å². The van der Waals surface area contributed by atoms with Crippen molar-refractivity contribution in [1.29, 1.82) is 0 Å². The quantitative estimate of drug-likeness (QED) is 0.382. The molecule has 140 valence electrons. The monoisotopic (exact) mass is 452 g/mol. The van der Waals surface area contributed by atoms with Crippen LogP contribution in [0.15, 0.2) is 78.2 Å². The molecule has 6 heteroatoms. The number of hydrogen-bond acceptors (Lipinski definition) is 5. The van der Waals surface area contributed by atoms with Crippen molar-refractivity contribution >= 4 is 39.1 Å². The SMILES string of the molecule is Br.c1ccc(-c2ccc(-c3csc(Nc4ccc5c(c4)OCO5)n3)cc2)cc1. The van der Waals surface area contributed by atoms with Crippen LogP contribution in [0.3, 0.4) is 0 Å². The van der Waals surface area contributed by atoms with Crippen molar-refractivity contribution in [3.8, 4) is 33.9 Å². The fourth-order valence-electron chi connectivity index (χ4n) is 3.03. The Hall–Kier alpha value is -2.83. The molecule has 2 heterocycles. The van der Waals surface area contributed by atoms with Crippen LogP contribution in [-0.4, -0.2) is 11.8 Å². The number of thiazole rings is 1. The molecule has 3 aromatic carbocycles. The lowest BCUT2D eigenvalue weighted by atomic mass is 10.0. The number of fused-ring (bicyclic) bond motifs is 1. The summed E-state index contributed by atoms with van der Waals surface area (Å²) in [6.07, 6.45) is 0. The van der Waals surface area contributed by atoms with Gasteiger partial charge in [0.2, 0.25) is 6.79 Å². The third-order valence-electron chi connectivity index (χ3n) is 4.42. The second-order valence-electron chi connectivity index (χ2n) is 6.17. The zero-order valence-corrected chi connectivity index (χ0v) is 17.3. The zero-order chi connectivity index (χ0) is 18.1. The number of aromatic nitrogens is 1. The molecule has 0 fully saturated rings. The van der Waals surface area contributed by atoms with Gasteiger partial charge in [-0.2, -0.15) is 0 Å². The van der Waals surface area contributed by atoms with Gasteiger partial charge in [0.15, 0.2) is 16.6 Å². The predicted molar refractivity (Wildman–Crippen MR) is 119 cm³/mol. The van der Waals surface area contributed by atoms with Crippen LogP contribution in [0.2, 0.25) is 0 Å². The number of benzene rings is 3. The number of ether oxygens (including phenoxy) is 2. The van der Waals surface area contributed by atoms with Crippen LogP contribution < -0.4 is 14.8 Å². The fourth-order valence-corrected chi connectivity index (χ4v) is 3.77. The summed E-state index contributed by atoms with van der Waals surface area (Å²) in [5.74, 6) is 1.53. The maximum atomic E-state index is 5.42. The molecule has 0 radical (unpaired) electrons. The Morgan fingerprint density at radius 1 is 0.786 bits per heavy atom. The largest absolute Gasteiger partial charge is 0.454 e. The number of rotatable bonds is 4. The summed E-state index contributed by atoms with van der Waals surface area (Å²) in [4.78, 5) is 4.71. The first kappa shape index (κ1) is 18.5. The van der Waals surface area contributed by atoms with Crippen molar-refractivity contribution in [1.82, 2.24) is 4.98 Å². The van der Waals surface area contributed by atoms with Crippen molar-refractivity contribution in [2.45, 2.75) is 0 Å². The van der Waals surface area contributed by atoms with Crippen molar-refractivity contribution in [2.75, 3.05) is 12.1 Å². The minimum Gasteiger partial charge on any atom is -0.454 e. The highest BCUT2D eigenvalue weighted by Crippen LogP contribution is 2.36. The number of nitrogens with one attached hydrogen (secondary N) is 1. The van der Waals surface area contributed by atoms with Gasteiger partial charge in [0.1, 0.15) is 0 Å². The summed E-state index contributed by atoms with van der Waals surface area (Å²) in [5, 5.41) is 6.24. The molecule has 0 amide bonds. The lowest BCUT2D eigenvalue weighted by Crippen LogP contribution is -1.93. The number of nitrogens with zero attached hydrogens (tertiary/aromatic N) is 1. The van der Waals surface area contributed by atoms with Gasteiger partial charge in [0, 0.05) is 22.7 Å². The van der Waals surface area contributed by atoms with Crippen molar-refractivity contribution < 1.29 is 9.47 Å². The van der Waals surface area contributed by atoms with Gasteiger partial charge < -0.3 is 14.8 Å². The van der Waals surface area contributed by atoms with Crippen LogP contribution in [0, 0.1) is 0 Å². The Bertz CT molecular complexity index is 1080. The Labute approximate surface area is 177 Å². The van der Waals surface area contributed by atoms with E-state index in [1.54, 1.807) is 11.3 Å². The molecule has 0 spiro atoms. The molecule has 1 aromatic heterocycles. The topological polar surface area (TPSA) is 43.4 Å². The van der Waals surface area contributed by atoms with E-state index in [0.717, 1.165) is 33.6 Å². The van der Waals surface area contributed by atoms with E-state index >= 15 is 0 Å². The third kappa shape index (κ3) is 3.74. The normalized spacial score (nSPS) is 11.7. The zero-order valence-electron chi connectivity index (χ0n) is 14.8. The molecule has 4 aromatic rings. The summed E-state index contributed by atoms with van der Waals surface area (Å²) in [6, 6.07) is 24.7. The average molecular weight is 453 g/mol. The van der Waals surface area contributed by atoms with Crippen LogP contribution in [0.25, 0.3) is 22.4 Å². The first-order valence-corrected chi connectivity index (χ1v) is 9.51. The summed E-state index contributed by atoms with van der Waals surface area (Å²) in [6.45, 7) is 0.277.